The van der Waals surface area contributed by atoms with Gasteiger partial charge in [-0.3, -0.25) is 10.1 Å². The highest BCUT2D eigenvalue weighted by Crippen LogP contribution is 2.36. The molecule has 0 amide bonds. The van der Waals surface area contributed by atoms with Crippen LogP contribution < -0.4 is 24.6 Å². The molecule has 0 atom stereocenters. The normalized spacial score (nSPS) is 13.6. The molecule has 166 valence electrons. The van der Waals surface area contributed by atoms with Crippen LogP contribution in [0.1, 0.15) is 0 Å². The topological polar surface area (TPSA) is 106 Å². The largest absolute Gasteiger partial charge is 0.497 e. The Bertz CT molecular complexity index is 1080. The number of nitrogens with zero attached hydrogens (tertiary/aromatic N) is 5. The van der Waals surface area contributed by atoms with Crippen molar-refractivity contribution in [3.8, 4) is 11.5 Å². The lowest BCUT2D eigenvalue weighted by Crippen LogP contribution is -2.47. The van der Waals surface area contributed by atoms with Crippen molar-refractivity contribution in [2.45, 2.75) is 0 Å². The molecule has 1 saturated heterocycles. The molecule has 0 spiro atoms. The molecule has 1 fully saturated rings. The average Bonchev–Trinajstić information content (AvgIpc) is 2.84. The summed E-state index contributed by atoms with van der Waals surface area (Å²) in [5, 5.41) is 15.0. The number of benzene rings is 2. The molecule has 10 nitrogen and oxygen atoms in total. The SMILES string of the molecule is COc1ccc(N2CCN(c3ncnc(Nc4ccccc4OC)c3[N+](=O)[O-])CC2)cc1. The van der Waals surface area contributed by atoms with Crippen LogP contribution in [0.4, 0.5) is 28.7 Å². The fraction of sp³-hybridized carbons (Fsp3) is 0.273. The number of anilines is 4. The predicted molar refractivity (Wildman–Crippen MR) is 122 cm³/mol. The van der Waals surface area contributed by atoms with E-state index < -0.39 is 4.92 Å². The lowest BCUT2D eigenvalue weighted by molar-refractivity contribution is -0.383. The molecule has 0 bridgehead atoms. The third-order valence-corrected chi connectivity index (χ3v) is 5.36. The minimum absolute atomic E-state index is 0.127. The van der Waals surface area contributed by atoms with Crippen LogP contribution in [0.15, 0.2) is 54.9 Å². The Morgan fingerprint density at radius 2 is 1.62 bits per heavy atom. The summed E-state index contributed by atoms with van der Waals surface area (Å²) in [5.41, 5.74) is 1.52. The number of hydrogen-bond donors (Lipinski definition) is 1. The summed E-state index contributed by atoms with van der Waals surface area (Å²) in [7, 11) is 3.18. The van der Waals surface area contributed by atoms with Gasteiger partial charge in [0.05, 0.1) is 24.8 Å². The lowest BCUT2D eigenvalue weighted by atomic mass is 10.2. The average molecular weight is 436 g/mol. The van der Waals surface area contributed by atoms with E-state index in [0.29, 0.717) is 43.4 Å². The first-order valence-electron chi connectivity index (χ1n) is 10.1. The van der Waals surface area contributed by atoms with Gasteiger partial charge in [0.2, 0.25) is 11.6 Å². The summed E-state index contributed by atoms with van der Waals surface area (Å²) >= 11 is 0. The van der Waals surface area contributed by atoms with Crippen molar-refractivity contribution < 1.29 is 14.4 Å². The van der Waals surface area contributed by atoms with Crippen LogP contribution in [-0.2, 0) is 0 Å². The van der Waals surface area contributed by atoms with Crippen molar-refractivity contribution >= 4 is 28.7 Å². The molecule has 1 aliphatic heterocycles. The molecule has 32 heavy (non-hydrogen) atoms. The third kappa shape index (κ3) is 4.34. The van der Waals surface area contributed by atoms with Gasteiger partial charge in [0.15, 0.2) is 0 Å². The molecule has 4 rings (SSSR count). The van der Waals surface area contributed by atoms with Gasteiger partial charge in [0.1, 0.15) is 17.8 Å². The highest BCUT2D eigenvalue weighted by Gasteiger charge is 2.29. The zero-order valence-electron chi connectivity index (χ0n) is 17.9. The molecule has 0 aliphatic carbocycles. The van der Waals surface area contributed by atoms with Crippen LogP contribution in [0.3, 0.4) is 0 Å². The van der Waals surface area contributed by atoms with Gasteiger partial charge >= 0.3 is 5.69 Å². The second-order valence-electron chi connectivity index (χ2n) is 7.15. The van der Waals surface area contributed by atoms with Crippen molar-refractivity contribution in [2.24, 2.45) is 0 Å². The molecular weight excluding hydrogens is 412 g/mol. The smallest absolute Gasteiger partial charge is 0.353 e. The summed E-state index contributed by atoms with van der Waals surface area (Å²) in [6.45, 7) is 2.61. The van der Waals surface area contributed by atoms with Crippen LogP contribution in [0, 0.1) is 10.1 Å². The van der Waals surface area contributed by atoms with Crippen molar-refractivity contribution in [1.29, 1.82) is 0 Å². The Balaban J connectivity index is 1.55. The van der Waals surface area contributed by atoms with E-state index in [1.165, 1.54) is 6.33 Å². The number of para-hydroxylation sites is 2. The molecule has 0 saturated carbocycles. The van der Waals surface area contributed by atoms with Crippen molar-refractivity contribution in [3.63, 3.8) is 0 Å². The van der Waals surface area contributed by atoms with E-state index in [4.69, 9.17) is 9.47 Å². The van der Waals surface area contributed by atoms with E-state index in [2.05, 4.69) is 20.2 Å². The lowest BCUT2D eigenvalue weighted by Gasteiger charge is -2.36. The second kappa shape index (κ2) is 9.38. The zero-order chi connectivity index (χ0) is 22.5. The van der Waals surface area contributed by atoms with E-state index in [1.54, 1.807) is 26.4 Å². The molecule has 1 aliphatic rings. The summed E-state index contributed by atoms with van der Waals surface area (Å²) in [5.74, 6) is 1.80. The Labute approximate surface area is 185 Å². The Kier molecular flexibility index (Phi) is 6.20. The van der Waals surface area contributed by atoms with Crippen LogP contribution in [-0.4, -0.2) is 55.3 Å². The monoisotopic (exact) mass is 436 g/mol. The maximum absolute atomic E-state index is 12.0. The molecule has 3 aromatic rings. The van der Waals surface area contributed by atoms with Crippen LogP contribution >= 0.6 is 0 Å². The van der Waals surface area contributed by atoms with Crippen LogP contribution in [0.5, 0.6) is 11.5 Å². The molecule has 0 radical (unpaired) electrons. The Morgan fingerprint density at radius 1 is 0.938 bits per heavy atom. The minimum atomic E-state index is -0.442. The molecule has 2 aromatic carbocycles. The third-order valence-electron chi connectivity index (χ3n) is 5.36. The van der Waals surface area contributed by atoms with Gasteiger partial charge in [0.25, 0.3) is 0 Å². The molecule has 0 unspecified atom stereocenters. The summed E-state index contributed by atoms with van der Waals surface area (Å²) < 4.78 is 10.5. The maximum Gasteiger partial charge on any atom is 0.353 e. The first-order chi connectivity index (χ1) is 15.6. The summed E-state index contributed by atoms with van der Waals surface area (Å²) in [4.78, 5) is 24.1. The van der Waals surface area contributed by atoms with Gasteiger partial charge in [-0.15, -0.1) is 0 Å². The minimum Gasteiger partial charge on any atom is -0.497 e. The van der Waals surface area contributed by atoms with Gasteiger partial charge in [-0.2, -0.15) is 0 Å². The first kappa shape index (κ1) is 21.2. The number of piperazine rings is 1. The van der Waals surface area contributed by atoms with Crippen molar-refractivity contribution in [3.05, 3.63) is 65.0 Å². The van der Waals surface area contributed by atoms with E-state index in [1.807, 2.05) is 41.3 Å². The van der Waals surface area contributed by atoms with Crippen LogP contribution in [0.2, 0.25) is 0 Å². The van der Waals surface area contributed by atoms with E-state index in [-0.39, 0.29) is 11.5 Å². The van der Waals surface area contributed by atoms with E-state index >= 15 is 0 Å². The molecule has 1 aromatic heterocycles. The van der Waals surface area contributed by atoms with Gasteiger partial charge in [-0.1, -0.05) is 12.1 Å². The van der Waals surface area contributed by atoms with Gasteiger partial charge in [0, 0.05) is 31.9 Å². The fourth-order valence-electron chi connectivity index (χ4n) is 3.71. The number of nitrogens with one attached hydrogen (secondary N) is 1. The van der Waals surface area contributed by atoms with Crippen molar-refractivity contribution in [2.75, 3.05) is 55.5 Å². The Morgan fingerprint density at radius 3 is 2.28 bits per heavy atom. The second-order valence-corrected chi connectivity index (χ2v) is 7.15. The zero-order valence-corrected chi connectivity index (χ0v) is 17.9. The number of methoxy groups -OCH3 is 2. The fourth-order valence-corrected chi connectivity index (χ4v) is 3.71. The molecular formula is C22H24N6O4. The predicted octanol–water partition coefficient (Wildman–Crippen LogP) is 3.47. The maximum atomic E-state index is 12.0. The van der Waals surface area contributed by atoms with Crippen LogP contribution in [0.25, 0.3) is 0 Å². The first-order valence-corrected chi connectivity index (χ1v) is 10.1. The van der Waals surface area contributed by atoms with Crippen molar-refractivity contribution in [1.82, 2.24) is 9.97 Å². The Hall–Kier alpha value is -4.08. The van der Waals surface area contributed by atoms with Gasteiger partial charge in [-0.25, -0.2) is 9.97 Å². The molecule has 10 heteroatoms. The quantitative estimate of drug-likeness (QED) is 0.440. The highest BCUT2D eigenvalue weighted by atomic mass is 16.6. The number of hydrogen-bond acceptors (Lipinski definition) is 9. The molecule has 1 N–H and O–H groups in total. The van der Waals surface area contributed by atoms with E-state index in [0.717, 1.165) is 11.4 Å². The summed E-state index contributed by atoms with van der Waals surface area (Å²) in [6, 6.07) is 15.1. The van der Waals surface area contributed by atoms with E-state index in [9.17, 15) is 10.1 Å². The van der Waals surface area contributed by atoms with Gasteiger partial charge in [-0.05, 0) is 36.4 Å². The number of nitro groups is 1. The number of aromatic nitrogens is 2. The standard InChI is InChI=1S/C22H24N6O4/c1-31-17-9-7-16(8-10-17)26-11-13-27(14-12-26)22-20(28(29)30)21(23-15-24-22)25-18-5-3-4-6-19(18)32-2/h3-10,15H,11-14H2,1-2H3,(H,23,24,25). The number of rotatable bonds is 7. The summed E-state index contributed by atoms with van der Waals surface area (Å²) in [6.07, 6.45) is 1.34. The number of ether oxygens (including phenoxy) is 2. The van der Waals surface area contributed by atoms with Gasteiger partial charge < -0.3 is 24.6 Å². The molecule has 2 heterocycles. The highest BCUT2D eigenvalue weighted by molar-refractivity contribution is 5.76.